The van der Waals surface area contributed by atoms with Crippen molar-refractivity contribution in [3.05, 3.63) is 279 Å². The standard InChI is InChI=1S/C66H46N2/c1-5-19-47(20-6-1)48-33-35-49(36-34-48)50-37-39-54(40-38-50)67(55-41-43-57(51-21-7-2-8-22-51)62(45-55)52-23-9-3-10-24-52)56-42-44-58(63(46-56)53-25-11-4-12-26-53)59-27-13-16-30-64(59)68-65-31-17-14-28-60(65)61-29-15-18-32-66(61)68/h1-46H. The number of rotatable bonds is 10. The molecule has 0 atom stereocenters. The predicted octanol–water partition coefficient (Wildman–Crippen LogP) is 18.3. The van der Waals surface area contributed by atoms with Gasteiger partial charge in [-0.05, 0) is 116 Å². The Balaban J connectivity index is 1.04. The van der Waals surface area contributed by atoms with Crippen LogP contribution in [-0.4, -0.2) is 4.57 Å². The van der Waals surface area contributed by atoms with E-state index in [-0.39, 0.29) is 0 Å². The maximum atomic E-state index is 2.44. The van der Waals surface area contributed by atoms with Gasteiger partial charge in [-0.15, -0.1) is 0 Å². The lowest BCUT2D eigenvalue weighted by molar-refractivity contribution is 1.18. The van der Waals surface area contributed by atoms with Crippen molar-refractivity contribution in [2.45, 2.75) is 0 Å². The summed E-state index contributed by atoms with van der Waals surface area (Å²) in [5.74, 6) is 0. The highest BCUT2D eigenvalue weighted by molar-refractivity contribution is 6.10. The first-order chi connectivity index (χ1) is 33.7. The van der Waals surface area contributed by atoms with Crippen molar-refractivity contribution in [3.63, 3.8) is 0 Å². The molecule has 0 saturated carbocycles. The van der Waals surface area contributed by atoms with Gasteiger partial charge in [0, 0.05) is 33.4 Å². The average molecular weight is 867 g/mol. The fraction of sp³-hybridized carbons (Fsp3) is 0. The summed E-state index contributed by atoms with van der Waals surface area (Å²) in [7, 11) is 0. The summed E-state index contributed by atoms with van der Waals surface area (Å²) in [5.41, 5.74) is 20.8. The topological polar surface area (TPSA) is 8.17 Å². The third-order valence-corrected chi connectivity index (χ3v) is 13.2. The summed E-state index contributed by atoms with van der Waals surface area (Å²) < 4.78 is 2.44. The third-order valence-electron chi connectivity index (χ3n) is 13.2. The second-order valence-electron chi connectivity index (χ2n) is 17.3. The Labute approximate surface area is 397 Å². The van der Waals surface area contributed by atoms with E-state index in [9.17, 15) is 0 Å². The maximum absolute atomic E-state index is 2.44. The van der Waals surface area contributed by atoms with Crippen molar-refractivity contribution < 1.29 is 0 Å². The Kier molecular flexibility index (Phi) is 10.6. The van der Waals surface area contributed by atoms with E-state index in [1.54, 1.807) is 0 Å². The molecule has 12 aromatic rings. The quantitative estimate of drug-likeness (QED) is 0.133. The molecule has 0 bridgehead atoms. The second kappa shape index (κ2) is 17.8. The molecule has 0 radical (unpaired) electrons. The van der Waals surface area contributed by atoms with Gasteiger partial charge in [0.1, 0.15) is 0 Å². The summed E-state index contributed by atoms with van der Waals surface area (Å²) in [5, 5.41) is 2.49. The summed E-state index contributed by atoms with van der Waals surface area (Å²) in [6.07, 6.45) is 0. The molecule has 0 amide bonds. The largest absolute Gasteiger partial charge is 0.310 e. The van der Waals surface area contributed by atoms with Crippen LogP contribution in [0.2, 0.25) is 0 Å². The molecule has 0 saturated heterocycles. The van der Waals surface area contributed by atoms with Gasteiger partial charge in [-0.1, -0.05) is 224 Å². The van der Waals surface area contributed by atoms with Crippen LogP contribution >= 0.6 is 0 Å². The highest BCUT2D eigenvalue weighted by Gasteiger charge is 2.21. The Morgan fingerprint density at radius 3 is 1.09 bits per heavy atom. The molecule has 0 unspecified atom stereocenters. The number of hydrogen-bond acceptors (Lipinski definition) is 1. The van der Waals surface area contributed by atoms with Gasteiger partial charge in [0.2, 0.25) is 0 Å². The minimum atomic E-state index is 1.06. The number of fused-ring (bicyclic) bond motifs is 3. The lowest BCUT2D eigenvalue weighted by atomic mass is 9.92. The zero-order valence-corrected chi connectivity index (χ0v) is 37.5. The van der Waals surface area contributed by atoms with Crippen molar-refractivity contribution >= 4 is 38.9 Å². The molecule has 68 heavy (non-hydrogen) atoms. The summed E-state index contributed by atoms with van der Waals surface area (Å²) >= 11 is 0. The molecule has 0 N–H and O–H groups in total. The Bertz CT molecular complexity index is 3630. The number of nitrogens with zero attached hydrogens (tertiary/aromatic N) is 2. The van der Waals surface area contributed by atoms with Crippen molar-refractivity contribution in [2.24, 2.45) is 0 Å². The minimum Gasteiger partial charge on any atom is -0.310 e. The molecule has 2 heteroatoms. The van der Waals surface area contributed by atoms with Gasteiger partial charge in [0.15, 0.2) is 0 Å². The number of para-hydroxylation sites is 3. The SMILES string of the molecule is c1ccc(-c2ccc(-c3ccc(N(c4ccc(-c5ccccc5)c(-c5ccccc5)c4)c4ccc(-c5ccccc5-n5c6ccccc6c6ccccc65)c(-c5ccccc5)c4)cc3)cc2)cc1. The van der Waals surface area contributed by atoms with Gasteiger partial charge in [0.05, 0.1) is 16.7 Å². The molecule has 2 nitrogen and oxygen atoms in total. The lowest BCUT2D eigenvalue weighted by Crippen LogP contribution is -2.11. The van der Waals surface area contributed by atoms with Crippen LogP contribution in [0.5, 0.6) is 0 Å². The first-order valence-electron chi connectivity index (χ1n) is 23.3. The predicted molar refractivity (Wildman–Crippen MR) is 288 cm³/mol. The van der Waals surface area contributed by atoms with E-state index in [0.717, 1.165) is 45.0 Å². The van der Waals surface area contributed by atoms with Crippen LogP contribution in [0.15, 0.2) is 279 Å². The monoisotopic (exact) mass is 866 g/mol. The van der Waals surface area contributed by atoms with Gasteiger partial charge < -0.3 is 9.47 Å². The highest BCUT2D eigenvalue weighted by atomic mass is 15.1. The van der Waals surface area contributed by atoms with Crippen molar-refractivity contribution in [1.82, 2.24) is 4.57 Å². The van der Waals surface area contributed by atoms with Crippen LogP contribution in [0.3, 0.4) is 0 Å². The number of hydrogen-bond donors (Lipinski definition) is 0. The van der Waals surface area contributed by atoms with E-state index >= 15 is 0 Å². The zero-order chi connectivity index (χ0) is 45.2. The molecule has 0 spiro atoms. The van der Waals surface area contributed by atoms with E-state index in [1.165, 1.54) is 66.3 Å². The summed E-state index contributed by atoms with van der Waals surface area (Å²) in [6, 6.07) is 101. The molecule has 1 heterocycles. The van der Waals surface area contributed by atoms with E-state index in [4.69, 9.17) is 0 Å². The fourth-order valence-electron chi connectivity index (χ4n) is 9.97. The van der Waals surface area contributed by atoms with E-state index in [0.29, 0.717) is 0 Å². The molecular formula is C66H46N2. The van der Waals surface area contributed by atoms with Crippen LogP contribution in [0.1, 0.15) is 0 Å². The highest BCUT2D eigenvalue weighted by Crippen LogP contribution is 2.45. The number of aromatic nitrogens is 1. The van der Waals surface area contributed by atoms with Gasteiger partial charge in [-0.3, -0.25) is 0 Å². The second-order valence-corrected chi connectivity index (χ2v) is 17.3. The molecule has 12 rings (SSSR count). The number of benzene rings is 11. The van der Waals surface area contributed by atoms with Crippen LogP contribution in [0, 0.1) is 0 Å². The van der Waals surface area contributed by atoms with Gasteiger partial charge in [0.25, 0.3) is 0 Å². The first kappa shape index (κ1) is 40.5. The number of anilines is 3. The minimum absolute atomic E-state index is 1.06. The molecule has 0 aliphatic rings. The van der Waals surface area contributed by atoms with Crippen molar-refractivity contribution in [3.8, 4) is 72.4 Å². The molecule has 320 valence electrons. The first-order valence-corrected chi connectivity index (χ1v) is 23.3. The Hall–Kier alpha value is -8.98. The van der Waals surface area contributed by atoms with Crippen LogP contribution < -0.4 is 4.90 Å². The Morgan fingerprint density at radius 2 is 0.574 bits per heavy atom. The van der Waals surface area contributed by atoms with E-state index < -0.39 is 0 Å². The fourth-order valence-corrected chi connectivity index (χ4v) is 9.97. The van der Waals surface area contributed by atoms with Gasteiger partial charge >= 0.3 is 0 Å². The average Bonchev–Trinajstić information content (AvgIpc) is 3.76. The van der Waals surface area contributed by atoms with Crippen molar-refractivity contribution in [2.75, 3.05) is 4.90 Å². The molecule has 11 aromatic carbocycles. The van der Waals surface area contributed by atoms with Crippen LogP contribution in [-0.2, 0) is 0 Å². The molecule has 0 aliphatic carbocycles. The van der Waals surface area contributed by atoms with E-state index in [1.807, 2.05) is 0 Å². The van der Waals surface area contributed by atoms with E-state index in [2.05, 4.69) is 289 Å². The van der Waals surface area contributed by atoms with Gasteiger partial charge in [-0.25, -0.2) is 0 Å². The zero-order valence-electron chi connectivity index (χ0n) is 37.5. The van der Waals surface area contributed by atoms with Gasteiger partial charge in [-0.2, -0.15) is 0 Å². The summed E-state index contributed by atoms with van der Waals surface area (Å²) in [4.78, 5) is 2.42. The molecule has 1 aromatic heterocycles. The molecule has 0 aliphatic heterocycles. The molecule has 0 fully saturated rings. The van der Waals surface area contributed by atoms with Crippen molar-refractivity contribution in [1.29, 1.82) is 0 Å². The third kappa shape index (κ3) is 7.54. The smallest absolute Gasteiger partial charge is 0.0541 e. The lowest BCUT2D eigenvalue weighted by Gasteiger charge is -2.28. The van der Waals surface area contributed by atoms with Crippen LogP contribution in [0.25, 0.3) is 94.3 Å². The Morgan fingerprint density at radius 1 is 0.221 bits per heavy atom. The van der Waals surface area contributed by atoms with Crippen LogP contribution in [0.4, 0.5) is 17.1 Å². The molecular weight excluding hydrogens is 821 g/mol. The summed E-state index contributed by atoms with van der Waals surface area (Å²) in [6.45, 7) is 0. The normalized spacial score (nSPS) is 11.2. The maximum Gasteiger partial charge on any atom is 0.0541 e.